The smallest absolute Gasteiger partial charge is 0.268 e. The van der Waals surface area contributed by atoms with Crippen LogP contribution < -0.4 is 37.6 Å². The van der Waals surface area contributed by atoms with Gasteiger partial charge in [-0.1, -0.05) is 27.5 Å². The number of aryl methyl sites for hydroxylation is 1. The van der Waals surface area contributed by atoms with Gasteiger partial charge in [-0.3, -0.25) is 33.6 Å². The van der Waals surface area contributed by atoms with E-state index in [9.17, 15) is 38.7 Å². The topological polar surface area (TPSA) is 259 Å². The average Bonchev–Trinajstić information content (AvgIpc) is 3.59. The highest BCUT2D eigenvalue weighted by Crippen LogP contribution is 2.24. The molecule has 3 heterocycles. The van der Waals surface area contributed by atoms with Crippen LogP contribution in [0.15, 0.2) is 41.1 Å². The molecule has 10 N–H and O–H groups in total. The SMILES string of the molecule is Cn1cc(Cl)cc1C(=O)NCC(=O)N[C@@H]1CNC(=O)[C@H](Cc2c[nH]c3ccc(Br)cc23)NC(=O)[C@H](O)CNC(=O)[C@H](CC(N)=O)NC1=O. The van der Waals surface area contributed by atoms with Crippen LogP contribution >= 0.6 is 27.5 Å². The number of aromatic amines is 1. The summed E-state index contributed by atoms with van der Waals surface area (Å²) in [6.07, 6.45) is 0.636. The Kier molecular flexibility index (Phi) is 11.8. The lowest BCUT2D eigenvalue weighted by Gasteiger charge is -2.26. The van der Waals surface area contributed by atoms with E-state index in [1.807, 2.05) is 18.2 Å². The number of amides is 7. The van der Waals surface area contributed by atoms with Gasteiger partial charge in [0.25, 0.3) is 11.8 Å². The van der Waals surface area contributed by atoms with E-state index in [0.29, 0.717) is 10.6 Å². The Balaban J connectivity index is 1.56. The summed E-state index contributed by atoms with van der Waals surface area (Å²) in [5.41, 5.74) is 6.82. The van der Waals surface area contributed by atoms with E-state index in [1.54, 1.807) is 13.2 Å². The van der Waals surface area contributed by atoms with E-state index >= 15 is 0 Å². The number of carbonyl (C=O) groups is 7. The highest BCUT2D eigenvalue weighted by Gasteiger charge is 2.32. The number of nitrogens with two attached hydrogens (primary N) is 1. The number of primary amides is 1. The van der Waals surface area contributed by atoms with E-state index in [0.717, 1.165) is 15.4 Å². The van der Waals surface area contributed by atoms with E-state index in [4.69, 9.17) is 17.3 Å². The predicted molar refractivity (Wildman–Crippen MR) is 174 cm³/mol. The van der Waals surface area contributed by atoms with Gasteiger partial charge in [0.05, 0.1) is 24.5 Å². The van der Waals surface area contributed by atoms with Gasteiger partial charge in [0.2, 0.25) is 29.5 Å². The number of benzene rings is 1. The Morgan fingerprint density at radius 3 is 2.40 bits per heavy atom. The number of rotatable bonds is 8. The molecule has 1 aliphatic rings. The number of nitrogens with zero attached hydrogens (tertiary/aromatic N) is 1. The van der Waals surface area contributed by atoms with Gasteiger partial charge in [-0.15, -0.1) is 0 Å². The third kappa shape index (κ3) is 9.33. The molecule has 0 saturated carbocycles. The number of hydrogen-bond acceptors (Lipinski definition) is 8. The molecule has 1 saturated heterocycles. The van der Waals surface area contributed by atoms with Crippen molar-refractivity contribution in [3.05, 3.63) is 57.4 Å². The fraction of sp³-hybridized carbons (Fsp3) is 0.345. The maximum atomic E-state index is 13.5. The molecule has 48 heavy (non-hydrogen) atoms. The Hall–Kier alpha value is -4.94. The first-order valence-corrected chi connectivity index (χ1v) is 15.7. The maximum absolute atomic E-state index is 13.5. The van der Waals surface area contributed by atoms with Gasteiger partial charge in [0.15, 0.2) is 0 Å². The van der Waals surface area contributed by atoms with E-state index < -0.39 is 91.6 Å². The maximum Gasteiger partial charge on any atom is 0.268 e. The first-order chi connectivity index (χ1) is 22.7. The summed E-state index contributed by atoms with van der Waals surface area (Å²) in [5, 5.41) is 25.9. The zero-order valence-electron chi connectivity index (χ0n) is 25.4. The van der Waals surface area contributed by atoms with Crippen LogP contribution in [0.2, 0.25) is 5.02 Å². The molecule has 0 spiro atoms. The van der Waals surface area contributed by atoms with Crippen molar-refractivity contribution >= 4 is 79.8 Å². The summed E-state index contributed by atoms with van der Waals surface area (Å²) in [4.78, 5) is 92.8. The van der Waals surface area contributed by atoms with Crippen LogP contribution in [0.4, 0.5) is 0 Å². The van der Waals surface area contributed by atoms with Crippen molar-refractivity contribution in [2.45, 2.75) is 37.1 Å². The van der Waals surface area contributed by atoms with Crippen molar-refractivity contribution in [2.75, 3.05) is 19.6 Å². The van der Waals surface area contributed by atoms with Gasteiger partial charge in [-0.2, -0.15) is 0 Å². The number of H-pyrrole nitrogens is 1. The zero-order valence-corrected chi connectivity index (χ0v) is 27.7. The molecule has 0 bridgehead atoms. The van der Waals surface area contributed by atoms with Gasteiger partial charge in [-0.05, 0) is 29.8 Å². The number of aliphatic hydroxyl groups is 1. The zero-order chi connectivity index (χ0) is 35.1. The van der Waals surface area contributed by atoms with Gasteiger partial charge in [0.1, 0.15) is 29.9 Å². The molecule has 1 aliphatic heterocycles. The highest BCUT2D eigenvalue weighted by atomic mass is 79.9. The number of halogens is 2. The highest BCUT2D eigenvalue weighted by molar-refractivity contribution is 9.10. The van der Waals surface area contributed by atoms with Crippen molar-refractivity contribution in [3.8, 4) is 0 Å². The lowest BCUT2D eigenvalue weighted by molar-refractivity contribution is -0.136. The number of fused-ring (bicyclic) bond motifs is 1. The van der Waals surface area contributed by atoms with Crippen LogP contribution in [0.25, 0.3) is 10.9 Å². The number of aromatic nitrogens is 2. The molecule has 2 aromatic heterocycles. The minimum absolute atomic E-state index is 0.0494. The second kappa shape index (κ2) is 15.8. The van der Waals surface area contributed by atoms with Crippen molar-refractivity contribution in [3.63, 3.8) is 0 Å². The van der Waals surface area contributed by atoms with Gasteiger partial charge >= 0.3 is 0 Å². The third-order valence-corrected chi connectivity index (χ3v) is 8.04. The van der Waals surface area contributed by atoms with Crippen LogP contribution in [0.1, 0.15) is 22.5 Å². The van der Waals surface area contributed by atoms with Crippen molar-refractivity contribution < 1.29 is 38.7 Å². The molecular weight excluding hydrogens is 718 g/mol. The summed E-state index contributed by atoms with van der Waals surface area (Å²) < 4.78 is 2.22. The van der Waals surface area contributed by atoms with E-state index in [2.05, 4.69) is 52.8 Å². The molecule has 256 valence electrons. The van der Waals surface area contributed by atoms with Gasteiger partial charge in [-0.25, -0.2) is 0 Å². The van der Waals surface area contributed by atoms with Crippen molar-refractivity contribution in [1.82, 2.24) is 41.5 Å². The largest absolute Gasteiger partial charge is 0.381 e. The molecule has 3 aromatic rings. The second-order valence-corrected chi connectivity index (χ2v) is 12.3. The predicted octanol–water partition coefficient (Wildman–Crippen LogP) is -2.17. The Labute approximate surface area is 286 Å². The standard InChI is InChI=1S/C29H33BrClN9O8/c1-40-12-15(31)6-21(40)28(47)36-11-24(43)37-20-9-34-25(44)18(4-13-8-33-17-3-2-14(30)5-16(13)17)39-29(48)22(41)10-35-26(45)19(7-23(32)42)38-27(20)46/h2-3,5-6,8,12,18-20,22,33,41H,4,7,9-11H2,1H3,(H2,32,42)(H,34,44)(H,35,45)(H,36,47)(H,37,43)(H,38,46)(H,39,48)/t18-,19-,20+,22+/m0/s1. The van der Waals surface area contributed by atoms with Crippen molar-refractivity contribution in [2.24, 2.45) is 12.8 Å². The number of β-amino-alcohol motifs (C(OH)–C–C–N with tert-alkyl or cyclic N) is 1. The normalized spacial score (nSPS) is 20.9. The molecule has 0 radical (unpaired) electrons. The molecule has 1 fully saturated rings. The molecule has 0 aliphatic carbocycles. The summed E-state index contributed by atoms with van der Waals surface area (Å²) in [5.74, 6) is -6.11. The first kappa shape index (κ1) is 35.9. The molecule has 19 heteroatoms. The summed E-state index contributed by atoms with van der Waals surface area (Å²) in [6, 6.07) is 2.48. The molecule has 4 rings (SSSR count). The molecule has 1 aromatic carbocycles. The van der Waals surface area contributed by atoms with Gasteiger partial charge in [0, 0.05) is 47.8 Å². The molecule has 0 unspecified atom stereocenters. The monoisotopic (exact) mass is 749 g/mol. The minimum atomic E-state index is -1.80. The summed E-state index contributed by atoms with van der Waals surface area (Å²) in [6.45, 7) is -1.76. The van der Waals surface area contributed by atoms with Gasteiger partial charge < -0.3 is 52.3 Å². The second-order valence-electron chi connectivity index (χ2n) is 11.0. The average molecular weight is 751 g/mol. The lowest BCUT2D eigenvalue weighted by Crippen LogP contribution is -2.61. The molecule has 17 nitrogen and oxygen atoms in total. The fourth-order valence-corrected chi connectivity index (χ4v) is 5.50. The fourth-order valence-electron chi connectivity index (χ4n) is 4.89. The number of nitrogens with one attached hydrogen (secondary N) is 7. The van der Waals surface area contributed by atoms with Crippen LogP contribution in [0.5, 0.6) is 0 Å². The Bertz CT molecular complexity index is 1760. The minimum Gasteiger partial charge on any atom is -0.381 e. The molecular formula is C29H33BrClN9O8. The van der Waals surface area contributed by atoms with E-state index in [-0.39, 0.29) is 12.1 Å². The van der Waals surface area contributed by atoms with E-state index in [1.165, 1.54) is 16.8 Å². The Morgan fingerprint density at radius 1 is 1.02 bits per heavy atom. The Morgan fingerprint density at radius 2 is 1.71 bits per heavy atom. The number of aliphatic hydroxyl groups excluding tert-OH is 1. The molecule has 4 atom stereocenters. The number of hydrogen-bond donors (Lipinski definition) is 9. The van der Waals surface area contributed by atoms with Crippen LogP contribution in [-0.2, 0) is 42.2 Å². The summed E-state index contributed by atoms with van der Waals surface area (Å²) in [7, 11) is 1.58. The van der Waals surface area contributed by atoms with Crippen LogP contribution in [-0.4, -0.2) is 99.9 Å². The summed E-state index contributed by atoms with van der Waals surface area (Å²) >= 11 is 9.33. The molecule has 7 amide bonds. The first-order valence-electron chi connectivity index (χ1n) is 14.5. The van der Waals surface area contributed by atoms with Crippen LogP contribution in [0, 0.1) is 0 Å². The van der Waals surface area contributed by atoms with Crippen molar-refractivity contribution in [1.29, 1.82) is 0 Å². The lowest BCUT2D eigenvalue weighted by atomic mass is 10.0. The third-order valence-electron chi connectivity index (χ3n) is 7.34. The number of carbonyl (C=O) groups excluding carboxylic acids is 7. The quantitative estimate of drug-likeness (QED) is 0.122. The van der Waals surface area contributed by atoms with Crippen LogP contribution in [0.3, 0.4) is 0 Å².